The molecular weight excluding hydrogens is 232 g/mol. The molecular formula is C13H16N2O3. The summed E-state index contributed by atoms with van der Waals surface area (Å²) >= 11 is 0. The number of para-hydroxylation sites is 1. The standard InChI is InChI=1S/C13H16N2O3/c1-15(9-6-7-9)13(17)10-4-2-3-5-11(10)18-8-12(14)16/h2-5,9H,6-8H2,1H3,(H2,14,16). The van der Waals surface area contributed by atoms with E-state index >= 15 is 0 Å². The van der Waals surface area contributed by atoms with Crippen LogP contribution in [0.2, 0.25) is 0 Å². The molecule has 1 fully saturated rings. The number of ether oxygens (including phenoxy) is 1. The van der Waals surface area contributed by atoms with Crippen molar-refractivity contribution in [3.63, 3.8) is 0 Å². The SMILES string of the molecule is CN(C(=O)c1ccccc1OCC(N)=O)C1CC1. The minimum atomic E-state index is -0.562. The molecule has 0 bridgehead atoms. The van der Waals surface area contributed by atoms with E-state index in [4.69, 9.17) is 10.5 Å². The maximum Gasteiger partial charge on any atom is 0.257 e. The number of hydrogen-bond acceptors (Lipinski definition) is 3. The van der Waals surface area contributed by atoms with Gasteiger partial charge in [0, 0.05) is 13.1 Å². The highest BCUT2D eigenvalue weighted by Crippen LogP contribution is 2.28. The molecule has 5 heteroatoms. The van der Waals surface area contributed by atoms with Crippen LogP contribution in [0.4, 0.5) is 0 Å². The Labute approximate surface area is 106 Å². The molecule has 0 unspecified atom stereocenters. The van der Waals surface area contributed by atoms with Crippen LogP contribution in [-0.4, -0.2) is 36.4 Å². The van der Waals surface area contributed by atoms with Crippen LogP contribution < -0.4 is 10.5 Å². The van der Waals surface area contributed by atoms with Crippen LogP contribution in [0, 0.1) is 0 Å². The number of nitrogens with two attached hydrogens (primary N) is 1. The van der Waals surface area contributed by atoms with Crippen LogP contribution in [0.5, 0.6) is 5.75 Å². The summed E-state index contributed by atoms with van der Waals surface area (Å²) in [6.07, 6.45) is 2.10. The smallest absolute Gasteiger partial charge is 0.257 e. The zero-order valence-electron chi connectivity index (χ0n) is 10.3. The molecule has 1 aliphatic carbocycles. The average molecular weight is 248 g/mol. The third kappa shape index (κ3) is 2.80. The van der Waals surface area contributed by atoms with E-state index < -0.39 is 5.91 Å². The minimum absolute atomic E-state index is 0.0856. The Hall–Kier alpha value is -2.04. The molecule has 0 heterocycles. The Morgan fingerprint density at radius 3 is 2.67 bits per heavy atom. The van der Waals surface area contributed by atoms with Gasteiger partial charge in [0.05, 0.1) is 5.56 Å². The van der Waals surface area contributed by atoms with Crippen molar-refractivity contribution in [3.8, 4) is 5.75 Å². The second kappa shape index (κ2) is 5.08. The van der Waals surface area contributed by atoms with E-state index in [1.807, 2.05) is 0 Å². The lowest BCUT2D eigenvalue weighted by Gasteiger charge is -2.18. The highest BCUT2D eigenvalue weighted by molar-refractivity contribution is 5.97. The Bertz CT molecular complexity index is 469. The van der Waals surface area contributed by atoms with Crippen LogP contribution in [0.3, 0.4) is 0 Å². The van der Waals surface area contributed by atoms with E-state index in [9.17, 15) is 9.59 Å². The number of carbonyl (C=O) groups is 2. The van der Waals surface area contributed by atoms with E-state index in [0.717, 1.165) is 12.8 Å². The van der Waals surface area contributed by atoms with E-state index in [-0.39, 0.29) is 12.5 Å². The summed E-state index contributed by atoms with van der Waals surface area (Å²) < 4.78 is 5.25. The molecule has 0 aromatic heterocycles. The van der Waals surface area contributed by atoms with Gasteiger partial charge >= 0.3 is 0 Å². The number of rotatable bonds is 5. The van der Waals surface area contributed by atoms with Crippen molar-refractivity contribution < 1.29 is 14.3 Å². The predicted molar refractivity (Wildman–Crippen MR) is 66.2 cm³/mol. The fraction of sp³-hybridized carbons (Fsp3) is 0.385. The zero-order chi connectivity index (χ0) is 13.1. The average Bonchev–Trinajstić information content (AvgIpc) is 3.19. The number of benzene rings is 1. The van der Waals surface area contributed by atoms with Crippen LogP contribution in [0.15, 0.2) is 24.3 Å². The first-order valence-corrected chi connectivity index (χ1v) is 5.87. The number of nitrogens with zero attached hydrogens (tertiary/aromatic N) is 1. The summed E-state index contributed by atoms with van der Waals surface area (Å²) in [5, 5.41) is 0. The van der Waals surface area contributed by atoms with E-state index in [0.29, 0.717) is 17.4 Å². The largest absolute Gasteiger partial charge is 0.483 e. The van der Waals surface area contributed by atoms with Crippen LogP contribution in [0.25, 0.3) is 0 Å². The fourth-order valence-electron chi connectivity index (χ4n) is 1.74. The summed E-state index contributed by atoms with van der Waals surface area (Å²) in [6, 6.07) is 7.21. The van der Waals surface area contributed by atoms with Crippen molar-refractivity contribution in [1.82, 2.24) is 4.90 Å². The molecule has 0 spiro atoms. The Morgan fingerprint density at radius 2 is 2.06 bits per heavy atom. The van der Waals surface area contributed by atoms with Gasteiger partial charge in [-0.25, -0.2) is 0 Å². The Kier molecular flexibility index (Phi) is 3.50. The molecule has 2 N–H and O–H groups in total. The molecule has 1 aromatic carbocycles. The van der Waals surface area contributed by atoms with Gasteiger partial charge in [0.1, 0.15) is 5.75 Å². The normalized spacial score (nSPS) is 14.1. The first kappa shape index (κ1) is 12.4. The highest BCUT2D eigenvalue weighted by Gasteiger charge is 2.31. The quantitative estimate of drug-likeness (QED) is 0.837. The highest BCUT2D eigenvalue weighted by atomic mass is 16.5. The lowest BCUT2D eigenvalue weighted by molar-refractivity contribution is -0.119. The molecule has 0 saturated heterocycles. The van der Waals surface area contributed by atoms with Crippen LogP contribution in [0.1, 0.15) is 23.2 Å². The van der Waals surface area contributed by atoms with E-state index in [1.165, 1.54) is 0 Å². The van der Waals surface area contributed by atoms with E-state index in [2.05, 4.69) is 0 Å². The van der Waals surface area contributed by atoms with Gasteiger partial charge in [-0.1, -0.05) is 12.1 Å². The van der Waals surface area contributed by atoms with Crippen LogP contribution >= 0.6 is 0 Å². The number of carbonyl (C=O) groups excluding carboxylic acids is 2. The van der Waals surface area contributed by atoms with Crippen molar-refractivity contribution >= 4 is 11.8 Å². The number of primary amides is 1. The Morgan fingerprint density at radius 1 is 1.39 bits per heavy atom. The second-order valence-electron chi connectivity index (χ2n) is 4.40. The van der Waals surface area contributed by atoms with E-state index in [1.54, 1.807) is 36.2 Å². The van der Waals surface area contributed by atoms with Crippen molar-refractivity contribution in [2.45, 2.75) is 18.9 Å². The summed E-state index contributed by atoms with van der Waals surface area (Å²) in [7, 11) is 1.78. The number of hydrogen-bond donors (Lipinski definition) is 1. The molecule has 1 saturated carbocycles. The molecule has 2 rings (SSSR count). The first-order valence-electron chi connectivity index (χ1n) is 5.87. The third-order valence-electron chi connectivity index (χ3n) is 2.90. The van der Waals surface area contributed by atoms with Gasteiger partial charge in [-0.15, -0.1) is 0 Å². The first-order chi connectivity index (χ1) is 8.59. The van der Waals surface area contributed by atoms with Gasteiger partial charge in [0.15, 0.2) is 6.61 Å². The monoisotopic (exact) mass is 248 g/mol. The molecule has 5 nitrogen and oxygen atoms in total. The van der Waals surface area contributed by atoms with Crippen LogP contribution in [-0.2, 0) is 4.79 Å². The third-order valence-corrected chi connectivity index (χ3v) is 2.90. The van der Waals surface area contributed by atoms with Gasteiger partial charge in [-0.2, -0.15) is 0 Å². The lowest BCUT2D eigenvalue weighted by atomic mass is 10.1. The maximum atomic E-state index is 12.2. The van der Waals surface area contributed by atoms with Gasteiger partial charge < -0.3 is 15.4 Å². The maximum absolute atomic E-state index is 12.2. The summed E-state index contributed by atoms with van der Waals surface area (Å²) in [4.78, 5) is 24.6. The van der Waals surface area contributed by atoms with Gasteiger partial charge in [0.25, 0.3) is 11.8 Å². The van der Waals surface area contributed by atoms with Gasteiger partial charge in [0.2, 0.25) is 0 Å². The molecule has 0 aliphatic heterocycles. The van der Waals surface area contributed by atoms with Crippen molar-refractivity contribution in [1.29, 1.82) is 0 Å². The predicted octanol–water partition coefficient (Wildman–Crippen LogP) is 0.785. The molecule has 1 aromatic rings. The lowest BCUT2D eigenvalue weighted by Crippen LogP contribution is -2.29. The van der Waals surface area contributed by atoms with Crippen molar-refractivity contribution in [2.75, 3.05) is 13.7 Å². The van der Waals surface area contributed by atoms with Crippen molar-refractivity contribution in [3.05, 3.63) is 29.8 Å². The summed E-state index contributed by atoms with van der Waals surface area (Å²) in [5.74, 6) is -0.251. The molecule has 0 radical (unpaired) electrons. The molecule has 1 aliphatic rings. The minimum Gasteiger partial charge on any atom is -0.483 e. The molecule has 96 valence electrons. The van der Waals surface area contributed by atoms with Gasteiger partial charge in [-0.3, -0.25) is 9.59 Å². The fourth-order valence-corrected chi connectivity index (χ4v) is 1.74. The topological polar surface area (TPSA) is 72.6 Å². The Balaban J connectivity index is 2.15. The summed E-state index contributed by atoms with van der Waals surface area (Å²) in [5.41, 5.74) is 5.49. The molecule has 2 amide bonds. The second-order valence-corrected chi connectivity index (χ2v) is 4.40. The molecule has 18 heavy (non-hydrogen) atoms. The summed E-state index contributed by atoms with van der Waals surface area (Å²) in [6.45, 7) is -0.225. The number of amides is 2. The molecule has 0 atom stereocenters. The van der Waals surface area contributed by atoms with Crippen molar-refractivity contribution in [2.24, 2.45) is 5.73 Å². The van der Waals surface area contributed by atoms with Gasteiger partial charge in [-0.05, 0) is 25.0 Å². The zero-order valence-corrected chi connectivity index (χ0v) is 10.3.